The van der Waals surface area contributed by atoms with Crippen LogP contribution >= 0.6 is 0 Å². The van der Waals surface area contributed by atoms with Gasteiger partial charge in [-0.25, -0.2) is 4.98 Å². The third-order valence-electron chi connectivity index (χ3n) is 2.65. The molecule has 3 nitrogen and oxygen atoms in total. The van der Waals surface area contributed by atoms with Crippen molar-refractivity contribution in [2.24, 2.45) is 5.92 Å². The predicted molar refractivity (Wildman–Crippen MR) is 66.3 cm³/mol. The third-order valence-corrected chi connectivity index (χ3v) is 2.65. The first-order chi connectivity index (χ1) is 8.13. The van der Waals surface area contributed by atoms with Crippen molar-refractivity contribution < 1.29 is 9.59 Å². The van der Waals surface area contributed by atoms with E-state index in [4.69, 9.17) is 0 Å². The van der Waals surface area contributed by atoms with Gasteiger partial charge < -0.3 is 0 Å². The number of fused-ring (bicyclic) bond motifs is 1. The minimum Gasteiger partial charge on any atom is -0.296 e. The summed E-state index contributed by atoms with van der Waals surface area (Å²) in [6.45, 7) is 3.70. The average Bonchev–Trinajstić information content (AvgIpc) is 2.36. The van der Waals surface area contributed by atoms with Gasteiger partial charge in [0, 0.05) is 16.9 Å². The molecule has 0 radical (unpaired) electrons. The van der Waals surface area contributed by atoms with E-state index in [1.165, 1.54) is 0 Å². The van der Waals surface area contributed by atoms with Crippen molar-refractivity contribution in [1.82, 2.24) is 4.98 Å². The Morgan fingerprint density at radius 1 is 1.24 bits per heavy atom. The first kappa shape index (κ1) is 11.5. The van der Waals surface area contributed by atoms with Gasteiger partial charge in [-0.05, 0) is 12.1 Å². The molecule has 0 amide bonds. The van der Waals surface area contributed by atoms with E-state index in [0.29, 0.717) is 23.1 Å². The highest BCUT2D eigenvalue weighted by molar-refractivity contribution is 6.07. The monoisotopic (exact) mass is 227 g/mol. The lowest BCUT2D eigenvalue weighted by Crippen LogP contribution is -2.08. The van der Waals surface area contributed by atoms with Gasteiger partial charge in [-0.3, -0.25) is 9.59 Å². The number of rotatable bonds is 3. The third kappa shape index (κ3) is 2.09. The van der Waals surface area contributed by atoms with Crippen LogP contribution in [-0.2, 0) is 0 Å². The number of pyridine rings is 1. The largest absolute Gasteiger partial charge is 0.296 e. The molecule has 86 valence electrons. The van der Waals surface area contributed by atoms with E-state index in [-0.39, 0.29) is 11.7 Å². The molecule has 1 aromatic carbocycles. The summed E-state index contributed by atoms with van der Waals surface area (Å²) < 4.78 is 0. The van der Waals surface area contributed by atoms with Crippen LogP contribution in [0.1, 0.15) is 34.7 Å². The van der Waals surface area contributed by atoms with Gasteiger partial charge in [-0.1, -0.05) is 32.0 Å². The number of nitrogens with zero attached hydrogens (tertiary/aromatic N) is 1. The van der Waals surface area contributed by atoms with Crippen LogP contribution in [0.4, 0.5) is 0 Å². The zero-order valence-electron chi connectivity index (χ0n) is 9.81. The maximum atomic E-state index is 12.0. The Morgan fingerprint density at radius 3 is 2.65 bits per heavy atom. The summed E-state index contributed by atoms with van der Waals surface area (Å²) in [6.07, 6.45) is 0.691. The first-order valence-corrected chi connectivity index (χ1v) is 5.52. The molecule has 0 aliphatic heterocycles. The highest BCUT2D eigenvalue weighted by Crippen LogP contribution is 2.19. The van der Waals surface area contributed by atoms with Crippen molar-refractivity contribution in [2.75, 3.05) is 0 Å². The SMILES string of the molecule is CC(C)C(=O)c1cccc2ccc(C=O)nc12. The van der Waals surface area contributed by atoms with Crippen molar-refractivity contribution in [3.05, 3.63) is 41.6 Å². The van der Waals surface area contributed by atoms with E-state index in [2.05, 4.69) is 4.98 Å². The van der Waals surface area contributed by atoms with E-state index in [0.717, 1.165) is 5.39 Å². The van der Waals surface area contributed by atoms with E-state index in [1.807, 2.05) is 32.0 Å². The lowest BCUT2D eigenvalue weighted by molar-refractivity contribution is 0.0940. The number of ketones is 1. The Labute approximate surface area is 99.5 Å². The number of carbonyl (C=O) groups excluding carboxylic acids is 2. The Morgan fingerprint density at radius 2 is 2.00 bits per heavy atom. The van der Waals surface area contributed by atoms with Crippen molar-refractivity contribution >= 4 is 23.0 Å². The number of hydrogen-bond donors (Lipinski definition) is 0. The van der Waals surface area contributed by atoms with E-state index >= 15 is 0 Å². The van der Waals surface area contributed by atoms with Gasteiger partial charge in [-0.15, -0.1) is 0 Å². The van der Waals surface area contributed by atoms with Crippen molar-refractivity contribution in [3.8, 4) is 0 Å². The maximum Gasteiger partial charge on any atom is 0.168 e. The molecule has 1 aromatic heterocycles. The van der Waals surface area contributed by atoms with Crippen LogP contribution in [0.25, 0.3) is 10.9 Å². The van der Waals surface area contributed by atoms with Gasteiger partial charge in [-0.2, -0.15) is 0 Å². The zero-order chi connectivity index (χ0) is 12.4. The Bertz CT molecular complexity index is 588. The number of para-hydroxylation sites is 1. The standard InChI is InChI=1S/C14H13NO2/c1-9(2)14(17)12-5-3-4-10-6-7-11(8-16)15-13(10)12/h3-9H,1-2H3. The molecule has 0 saturated heterocycles. The molecule has 2 aromatic rings. The quantitative estimate of drug-likeness (QED) is 0.598. The second kappa shape index (κ2) is 4.45. The van der Waals surface area contributed by atoms with Crippen LogP contribution < -0.4 is 0 Å². The normalized spacial score (nSPS) is 10.8. The van der Waals surface area contributed by atoms with Crippen LogP contribution in [0, 0.1) is 5.92 Å². The molecule has 0 aliphatic rings. The second-order valence-electron chi connectivity index (χ2n) is 4.25. The molecule has 17 heavy (non-hydrogen) atoms. The highest BCUT2D eigenvalue weighted by Gasteiger charge is 2.14. The lowest BCUT2D eigenvalue weighted by atomic mass is 9.98. The molecule has 3 heteroatoms. The summed E-state index contributed by atoms with van der Waals surface area (Å²) in [4.78, 5) is 27.0. The van der Waals surface area contributed by atoms with Gasteiger partial charge in [0.1, 0.15) is 5.69 Å². The van der Waals surface area contributed by atoms with Crippen molar-refractivity contribution in [3.63, 3.8) is 0 Å². The summed E-state index contributed by atoms with van der Waals surface area (Å²) in [5.41, 5.74) is 1.54. The summed E-state index contributed by atoms with van der Waals surface area (Å²) in [5, 5.41) is 0.877. The van der Waals surface area contributed by atoms with Gasteiger partial charge >= 0.3 is 0 Å². The van der Waals surface area contributed by atoms with Crippen LogP contribution in [0.2, 0.25) is 0 Å². The van der Waals surface area contributed by atoms with E-state index in [9.17, 15) is 9.59 Å². The van der Waals surface area contributed by atoms with Crippen LogP contribution in [0.3, 0.4) is 0 Å². The minimum atomic E-state index is -0.0812. The Hall–Kier alpha value is -2.03. The number of benzene rings is 1. The van der Waals surface area contributed by atoms with Crippen molar-refractivity contribution in [1.29, 1.82) is 0 Å². The molecule has 0 N–H and O–H groups in total. The molecule has 0 spiro atoms. The number of aromatic nitrogens is 1. The molecule has 1 heterocycles. The minimum absolute atomic E-state index is 0.0474. The van der Waals surface area contributed by atoms with Gasteiger partial charge in [0.2, 0.25) is 0 Å². The first-order valence-electron chi connectivity index (χ1n) is 5.52. The van der Waals surface area contributed by atoms with Crippen LogP contribution in [0.5, 0.6) is 0 Å². The Kier molecular flexibility index (Phi) is 3.00. The number of Topliss-reactive ketones (excluding diaryl/α,β-unsaturated/α-hetero) is 1. The Balaban J connectivity index is 2.70. The van der Waals surface area contributed by atoms with Crippen LogP contribution in [0.15, 0.2) is 30.3 Å². The average molecular weight is 227 g/mol. The molecule has 0 fully saturated rings. The predicted octanol–water partition coefficient (Wildman–Crippen LogP) is 2.89. The molecule has 0 unspecified atom stereocenters. The molecule has 0 atom stereocenters. The highest BCUT2D eigenvalue weighted by atomic mass is 16.1. The fourth-order valence-corrected chi connectivity index (χ4v) is 1.74. The van der Waals surface area contributed by atoms with E-state index < -0.39 is 0 Å². The van der Waals surface area contributed by atoms with Crippen LogP contribution in [-0.4, -0.2) is 17.1 Å². The van der Waals surface area contributed by atoms with E-state index in [1.54, 1.807) is 12.1 Å². The fourth-order valence-electron chi connectivity index (χ4n) is 1.74. The molecule has 0 bridgehead atoms. The topological polar surface area (TPSA) is 47.0 Å². The van der Waals surface area contributed by atoms with Gasteiger partial charge in [0.05, 0.1) is 5.52 Å². The molecular formula is C14H13NO2. The number of hydrogen-bond acceptors (Lipinski definition) is 3. The molecule has 0 saturated carbocycles. The fraction of sp³-hybridized carbons (Fsp3) is 0.214. The zero-order valence-corrected chi connectivity index (χ0v) is 9.81. The summed E-state index contributed by atoms with van der Waals surface area (Å²) in [5.74, 6) is -0.0339. The summed E-state index contributed by atoms with van der Waals surface area (Å²) in [7, 11) is 0. The summed E-state index contributed by atoms with van der Waals surface area (Å²) in [6, 6.07) is 8.93. The summed E-state index contributed by atoms with van der Waals surface area (Å²) >= 11 is 0. The van der Waals surface area contributed by atoms with Gasteiger partial charge in [0.25, 0.3) is 0 Å². The molecular weight excluding hydrogens is 214 g/mol. The number of aldehydes is 1. The number of carbonyl (C=O) groups is 2. The molecule has 0 aliphatic carbocycles. The smallest absolute Gasteiger partial charge is 0.168 e. The molecule has 2 rings (SSSR count). The van der Waals surface area contributed by atoms with Gasteiger partial charge in [0.15, 0.2) is 12.1 Å². The van der Waals surface area contributed by atoms with Crippen molar-refractivity contribution in [2.45, 2.75) is 13.8 Å². The second-order valence-corrected chi connectivity index (χ2v) is 4.25. The lowest BCUT2D eigenvalue weighted by Gasteiger charge is -2.07. The maximum absolute atomic E-state index is 12.0.